The number of hydrogen-bond acceptors (Lipinski definition) is 3. The molecule has 21 heavy (non-hydrogen) atoms. The molecular formula is C15H24ClFN2O2. The largest absolute Gasteiger partial charge is 0.375 e. The number of benzene rings is 1. The van der Waals surface area contributed by atoms with E-state index in [9.17, 15) is 9.18 Å². The summed E-state index contributed by atoms with van der Waals surface area (Å²) >= 11 is 0. The van der Waals surface area contributed by atoms with E-state index >= 15 is 0 Å². The average Bonchev–Trinajstić information content (AvgIpc) is 2.40. The second-order valence-corrected chi connectivity index (χ2v) is 5.26. The van der Waals surface area contributed by atoms with E-state index in [-0.39, 0.29) is 30.2 Å². The standard InChI is InChI=1S/C15H23FN2O2.ClH/c1-10(2)8-13(17)15(19)18-9-14(20-3)11-4-6-12(16)7-5-11;/h4-7,10,13-14H,8-9,17H2,1-3H3,(H,18,19);1H/t13-,14?;/m0./s1. The molecule has 120 valence electrons. The van der Waals surface area contributed by atoms with Gasteiger partial charge in [0.2, 0.25) is 5.91 Å². The molecule has 0 aliphatic heterocycles. The van der Waals surface area contributed by atoms with Crippen molar-refractivity contribution in [2.75, 3.05) is 13.7 Å². The molecule has 1 aromatic rings. The number of ether oxygens (including phenoxy) is 1. The van der Waals surface area contributed by atoms with E-state index in [1.807, 2.05) is 13.8 Å². The van der Waals surface area contributed by atoms with Crippen LogP contribution in [-0.4, -0.2) is 25.6 Å². The van der Waals surface area contributed by atoms with Gasteiger partial charge >= 0.3 is 0 Å². The molecule has 6 heteroatoms. The van der Waals surface area contributed by atoms with Crippen LogP contribution in [0.3, 0.4) is 0 Å². The van der Waals surface area contributed by atoms with Crippen molar-refractivity contribution in [1.29, 1.82) is 0 Å². The molecule has 0 saturated carbocycles. The van der Waals surface area contributed by atoms with Crippen molar-refractivity contribution < 1.29 is 13.9 Å². The van der Waals surface area contributed by atoms with E-state index < -0.39 is 6.04 Å². The molecule has 3 N–H and O–H groups in total. The summed E-state index contributed by atoms with van der Waals surface area (Å²) in [5.74, 6) is -0.125. The highest BCUT2D eigenvalue weighted by Crippen LogP contribution is 2.16. The molecule has 4 nitrogen and oxygen atoms in total. The number of rotatable bonds is 7. The molecule has 0 radical (unpaired) electrons. The summed E-state index contributed by atoms with van der Waals surface area (Å²) in [5.41, 5.74) is 6.61. The highest BCUT2D eigenvalue weighted by Gasteiger charge is 2.17. The van der Waals surface area contributed by atoms with Gasteiger partial charge in [-0.25, -0.2) is 4.39 Å². The fourth-order valence-electron chi connectivity index (χ4n) is 1.95. The van der Waals surface area contributed by atoms with Crippen molar-refractivity contribution in [2.24, 2.45) is 11.7 Å². The first-order valence-electron chi connectivity index (χ1n) is 6.75. The van der Waals surface area contributed by atoms with Crippen molar-refractivity contribution in [3.05, 3.63) is 35.6 Å². The molecule has 1 unspecified atom stereocenters. The summed E-state index contributed by atoms with van der Waals surface area (Å²) in [7, 11) is 1.55. The summed E-state index contributed by atoms with van der Waals surface area (Å²) < 4.78 is 18.2. The Balaban J connectivity index is 0.00000400. The Hall–Kier alpha value is -1.17. The van der Waals surface area contributed by atoms with Gasteiger partial charge in [0.1, 0.15) is 5.82 Å². The molecule has 0 bridgehead atoms. The molecule has 0 aliphatic rings. The Bertz CT molecular complexity index is 426. The van der Waals surface area contributed by atoms with Crippen molar-refractivity contribution in [3.8, 4) is 0 Å². The fraction of sp³-hybridized carbons (Fsp3) is 0.533. The Labute approximate surface area is 131 Å². The molecular weight excluding hydrogens is 295 g/mol. The smallest absolute Gasteiger partial charge is 0.237 e. The van der Waals surface area contributed by atoms with Crippen LogP contribution < -0.4 is 11.1 Å². The fourth-order valence-corrected chi connectivity index (χ4v) is 1.95. The zero-order valence-electron chi connectivity index (χ0n) is 12.6. The number of hydrogen-bond donors (Lipinski definition) is 2. The molecule has 0 aliphatic carbocycles. The zero-order chi connectivity index (χ0) is 15.1. The topological polar surface area (TPSA) is 64.3 Å². The predicted octanol–water partition coefficient (Wildman–Crippen LogP) is 2.42. The summed E-state index contributed by atoms with van der Waals surface area (Å²) in [5, 5.41) is 2.77. The lowest BCUT2D eigenvalue weighted by Gasteiger charge is -2.19. The van der Waals surface area contributed by atoms with Gasteiger partial charge in [-0.15, -0.1) is 12.4 Å². The highest BCUT2D eigenvalue weighted by atomic mass is 35.5. The number of nitrogens with two attached hydrogens (primary N) is 1. The number of halogens is 2. The lowest BCUT2D eigenvalue weighted by atomic mass is 10.0. The first-order valence-corrected chi connectivity index (χ1v) is 6.75. The summed E-state index contributed by atoms with van der Waals surface area (Å²) in [6.45, 7) is 4.35. The zero-order valence-corrected chi connectivity index (χ0v) is 13.5. The van der Waals surface area contributed by atoms with Crippen LogP contribution in [0, 0.1) is 11.7 Å². The minimum absolute atomic E-state index is 0. The number of nitrogens with one attached hydrogen (secondary N) is 1. The number of carbonyl (C=O) groups is 1. The average molecular weight is 319 g/mol. The Kier molecular flexibility index (Phi) is 9.17. The SMILES string of the molecule is COC(CNC(=O)[C@@H](N)CC(C)C)c1ccc(F)cc1.Cl. The monoisotopic (exact) mass is 318 g/mol. The Morgan fingerprint density at radius 2 is 1.90 bits per heavy atom. The first-order chi connectivity index (χ1) is 9.43. The second-order valence-electron chi connectivity index (χ2n) is 5.26. The molecule has 0 fully saturated rings. The molecule has 0 aromatic heterocycles. The van der Waals surface area contributed by atoms with Crippen LogP contribution in [0.2, 0.25) is 0 Å². The van der Waals surface area contributed by atoms with Gasteiger partial charge in [-0.1, -0.05) is 26.0 Å². The van der Waals surface area contributed by atoms with Crippen molar-refractivity contribution in [3.63, 3.8) is 0 Å². The maximum atomic E-state index is 12.9. The van der Waals surface area contributed by atoms with Crippen molar-refractivity contribution in [2.45, 2.75) is 32.4 Å². The Morgan fingerprint density at radius 1 is 1.33 bits per heavy atom. The van der Waals surface area contributed by atoms with E-state index in [4.69, 9.17) is 10.5 Å². The molecule has 2 atom stereocenters. The lowest BCUT2D eigenvalue weighted by molar-refractivity contribution is -0.123. The van der Waals surface area contributed by atoms with Crippen molar-refractivity contribution >= 4 is 18.3 Å². The molecule has 1 aromatic carbocycles. The molecule has 1 amide bonds. The number of methoxy groups -OCH3 is 1. The maximum Gasteiger partial charge on any atom is 0.237 e. The number of carbonyl (C=O) groups excluding carboxylic acids is 1. The van der Waals surface area contributed by atoms with E-state index in [1.54, 1.807) is 19.2 Å². The van der Waals surface area contributed by atoms with Crippen LogP contribution in [-0.2, 0) is 9.53 Å². The maximum absolute atomic E-state index is 12.9. The van der Waals surface area contributed by atoms with Gasteiger partial charge in [0, 0.05) is 13.7 Å². The first kappa shape index (κ1) is 19.8. The predicted molar refractivity (Wildman–Crippen MR) is 83.8 cm³/mol. The summed E-state index contributed by atoms with van der Waals surface area (Å²) in [6.07, 6.45) is 0.325. The highest BCUT2D eigenvalue weighted by molar-refractivity contribution is 5.85. The van der Waals surface area contributed by atoms with E-state index in [2.05, 4.69) is 5.32 Å². The van der Waals surface area contributed by atoms with Crippen molar-refractivity contribution in [1.82, 2.24) is 5.32 Å². The van der Waals surface area contributed by atoms with Crippen LogP contribution in [0.4, 0.5) is 4.39 Å². The normalized spacial score (nSPS) is 13.4. The third-order valence-corrected chi connectivity index (χ3v) is 3.05. The summed E-state index contributed by atoms with van der Waals surface area (Å²) in [6, 6.07) is 5.51. The van der Waals surface area contributed by atoms with Gasteiger partial charge in [-0.05, 0) is 30.0 Å². The summed E-state index contributed by atoms with van der Waals surface area (Å²) in [4.78, 5) is 11.8. The van der Waals surface area contributed by atoms with Crippen LogP contribution in [0.1, 0.15) is 31.9 Å². The quantitative estimate of drug-likeness (QED) is 0.811. The van der Waals surface area contributed by atoms with Gasteiger partial charge in [-0.2, -0.15) is 0 Å². The lowest BCUT2D eigenvalue weighted by Crippen LogP contribution is -2.43. The van der Waals surface area contributed by atoms with Crippen LogP contribution in [0.15, 0.2) is 24.3 Å². The van der Waals surface area contributed by atoms with Gasteiger partial charge in [0.05, 0.1) is 12.1 Å². The van der Waals surface area contributed by atoms with E-state index in [0.29, 0.717) is 18.9 Å². The molecule has 0 spiro atoms. The van der Waals surface area contributed by atoms with Crippen LogP contribution >= 0.6 is 12.4 Å². The van der Waals surface area contributed by atoms with Crippen LogP contribution in [0.25, 0.3) is 0 Å². The van der Waals surface area contributed by atoms with E-state index in [1.165, 1.54) is 12.1 Å². The molecule has 0 heterocycles. The molecule has 0 saturated heterocycles. The van der Waals surface area contributed by atoms with E-state index in [0.717, 1.165) is 5.56 Å². The molecule has 1 rings (SSSR count). The van der Waals surface area contributed by atoms with Crippen LogP contribution in [0.5, 0.6) is 0 Å². The minimum atomic E-state index is -0.513. The third-order valence-electron chi connectivity index (χ3n) is 3.05. The third kappa shape index (κ3) is 6.89. The second kappa shape index (κ2) is 9.71. The van der Waals surface area contributed by atoms with Gasteiger partial charge in [0.15, 0.2) is 0 Å². The number of amides is 1. The Morgan fingerprint density at radius 3 is 2.38 bits per heavy atom. The van der Waals surface area contributed by atoms with Gasteiger partial charge in [0.25, 0.3) is 0 Å². The van der Waals surface area contributed by atoms with Gasteiger partial charge in [-0.3, -0.25) is 4.79 Å². The minimum Gasteiger partial charge on any atom is -0.375 e. The van der Waals surface area contributed by atoms with Gasteiger partial charge < -0.3 is 15.8 Å².